The van der Waals surface area contributed by atoms with Gasteiger partial charge in [0.25, 0.3) is 0 Å². The maximum Gasteiger partial charge on any atom is 0.310 e. The minimum absolute atomic E-state index is 0.366. The maximum atomic E-state index is 12.2. The fourth-order valence-corrected chi connectivity index (χ4v) is 4.28. The molecule has 1 aliphatic carbocycles. The smallest absolute Gasteiger partial charge is 0.310 e. The maximum absolute atomic E-state index is 12.2. The van der Waals surface area contributed by atoms with Crippen LogP contribution < -0.4 is 0 Å². The van der Waals surface area contributed by atoms with Gasteiger partial charge in [-0.15, -0.1) is 0 Å². The number of carboxylic acids is 2. The van der Waals surface area contributed by atoms with E-state index in [4.69, 9.17) is 0 Å². The monoisotopic (exact) mass is 284 g/mol. The standard InChI is InChI=1S/C16H28O4/c1-14(2,3)11-10(12(17)18)8-7-9-16(11,13(19)20)15(4,5)6/h10-11H,7-9H2,1-6H3,(H,17,18)(H,19,20). The number of hydrogen-bond acceptors (Lipinski definition) is 2. The van der Waals surface area contributed by atoms with E-state index < -0.39 is 28.7 Å². The molecule has 1 rings (SSSR count). The summed E-state index contributed by atoms with van der Waals surface area (Å²) in [6, 6.07) is 0. The molecule has 1 saturated carbocycles. The third-order valence-electron chi connectivity index (χ3n) is 4.99. The zero-order valence-corrected chi connectivity index (χ0v) is 13.5. The topological polar surface area (TPSA) is 74.6 Å². The summed E-state index contributed by atoms with van der Waals surface area (Å²) in [7, 11) is 0. The van der Waals surface area contributed by atoms with Crippen molar-refractivity contribution in [3.63, 3.8) is 0 Å². The van der Waals surface area contributed by atoms with E-state index in [1.807, 2.05) is 41.5 Å². The van der Waals surface area contributed by atoms with Crippen LogP contribution in [0.1, 0.15) is 60.8 Å². The molecule has 0 aromatic heterocycles. The van der Waals surface area contributed by atoms with Gasteiger partial charge in [0.1, 0.15) is 0 Å². The highest BCUT2D eigenvalue weighted by Gasteiger charge is 2.62. The minimum Gasteiger partial charge on any atom is -0.481 e. The van der Waals surface area contributed by atoms with E-state index in [1.54, 1.807) is 0 Å². The molecule has 0 aromatic carbocycles. The molecular weight excluding hydrogens is 256 g/mol. The highest BCUT2D eigenvalue weighted by Crippen LogP contribution is 2.60. The Morgan fingerprint density at radius 3 is 1.85 bits per heavy atom. The average molecular weight is 284 g/mol. The summed E-state index contributed by atoms with van der Waals surface area (Å²) >= 11 is 0. The van der Waals surface area contributed by atoms with Crippen molar-refractivity contribution in [1.82, 2.24) is 0 Å². The van der Waals surface area contributed by atoms with Gasteiger partial charge in [-0.3, -0.25) is 9.59 Å². The summed E-state index contributed by atoms with van der Waals surface area (Å²) in [4.78, 5) is 23.8. The molecule has 0 spiro atoms. The third kappa shape index (κ3) is 2.57. The normalized spacial score (nSPS) is 31.9. The third-order valence-corrected chi connectivity index (χ3v) is 4.99. The van der Waals surface area contributed by atoms with Crippen LogP contribution in [0.25, 0.3) is 0 Å². The molecule has 2 N–H and O–H groups in total. The van der Waals surface area contributed by atoms with Gasteiger partial charge in [-0.25, -0.2) is 0 Å². The van der Waals surface area contributed by atoms with Gasteiger partial charge < -0.3 is 10.2 Å². The molecule has 0 aliphatic heterocycles. The van der Waals surface area contributed by atoms with Crippen LogP contribution in [0, 0.1) is 28.1 Å². The highest BCUT2D eigenvalue weighted by atomic mass is 16.4. The zero-order valence-electron chi connectivity index (χ0n) is 13.5. The van der Waals surface area contributed by atoms with Crippen molar-refractivity contribution in [3.8, 4) is 0 Å². The Morgan fingerprint density at radius 2 is 1.55 bits per heavy atom. The first-order valence-corrected chi connectivity index (χ1v) is 7.32. The lowest BCUT2D eigenvalue weighted by molar-refractivity contribution is -0.184. The van der Waals surface area contributed by atoms with Gasteiger partial charge in [-0.05, 0) is 29.6 Å². The van der Waals surface area contributed by atoms with E-state index in [0.717, 1.165) is 0 Å². The number of rotatable bonds is 2. The van der Waals surface area contributed by atoms with Crippen molar-refractivity contribution in [3.05, 3.63) is 0 Å². The van der Waals surface area contributed by atoms with Crippen LogP contribution in [0.5, 0.6) is 0 Å². The first-order valence-electron chi connectivity index (χ1n) is 7.32. The van der Waals surface area contributed by atoms with E-state index in [1.165, 1.54) is 0 Å². The average Bonchev–Trinajstić information content (AvgIpc) is 2.24. The SMILES string of the molecule is CC(C)(C)C1C(C(=O)O)CCCC1(C(=O)O)C(C)(C)C. The number of carboxylic acid groups (broad SMARTS) is 2. The largest absolute Gasteiger partial charge is 0.481 e. The van der Waals surface area contributed by atoms with Gasteiger partial charge in [0.15, 0.2) is 0 Å². The predicted molar refractivity (Wildman–Crippen MR) is 77.4 cm³/mol. The summed E-state index contributed by atoms with van der Waals surface area (Å²) in [5.41, 5.74) is -1.84. The molecule has 20 heavy (non-hydrogen) atoms. The van der Waals surface area contributed by atoms with Crippen LogP contribution in [0.3, 0.4) is 0 Å². The molecule has 0 heterocycles. The van der Waals surface area contributed by atoms with Crippen molar-refractivity contribution in [2.24, 2.45) is 28.1 Å². The van der Waals surface area contributed by atoms with Crippen molar-refractivity contribution in [2.45, 2.75) is 60.8 Å². The van der Waals surface area contributed by atoms with Crippen molar-refractivity contribution in [1.29, 1.82) is 0 Å². The van der Waals surface area contributed by atoms with Crippen LogP contribution in [-0.4, -0.2) is 22.2 Å². The Bertz CT molecular complexity index is 400. The molecular formula is C16H28O4. The molecule has 0 bridgehead atoms. The first kappa shape index (κ1) is 17.0. The van der Waals surface area contributed by atoms with Gasteiger partial charge in [-0.1, -0.05) is 48.0 Å². The Labute approximate surface area is 121 Å². The van der Waals surface area contributed by atoms with Crippen LogP contribution >= 0.6 is 0 Å². The summed E-state index contributed by atoms with van der Waals surface area (Å²) < 4.78 is 0. The van der Waals surface area contributed by atoms with Gasteiger partial charge >= 0.3 is 11.9 Å². The first-order chi connectivity index (χ1) is 8.85. The molecule has 0 aromatic rings. The molecule has 3 atom stereocenters. The Balaban J connectivity index is 3.53. The Morgan fingerprint density at radius 1 is 1.05 bits per heavy atom. The zero-order chi connectivity index (χ0) is 15.9. The summed E-state index contributed by atoms with van der Waals surface area (Å²) in [5.74, 6) is -2.67. The molecule has 0 radical (unpaired) electrons. The summed E-state index contributed by atoms with van der Waals surface area (Å²) in [6.45, 7) is 11.6. The molecule has 3 unspecified atom stereocenters. The Hall–Kier alpha value is -1.06. The fraction of sp³-hybridized carbons (Fsp3) is 0.875. The van der Waals surface area contributed by atoms with Crippen LogP contribution in [0.4, 0.5) is 0 Å². The van der Waals surface area contributed by atoms with Crippen LogP contribution in [0.2, 0.25) is 0 Å². The van der Waals surface area contributed by atoms with E-state index >= 15 is 0 Å². The van der Waals surface area contributed by atoms with Crippen LogP contribution in [0.15, 0.2) is 0 Å². The number of hydrogen-bond donors (Lipinski definition) is 2. The molecule has 116 valence electrons. The van der Waals surface area contributed by atoms with E-state index in [-0.39, 0.29) is 11.3 Å². The van der Waals surface area contributed by atoms with Gasteiger partial charge in [0.05, 0.1) is 11.3 Å². The van der Waals surface area contributed by atoms with Crippen LogP contribution in [-0.2, 0) is 9.59 Å². The second-order valence-electron chi connectivity index (χ2n) is 8.21. The van der Waals surface area contributed by atoms with Crippen molar-refractivity contribution >= 4 is 11.9 Å². The molecule has 1 aliphatic rings. The molecule has 4 heteroatoms. The van der Waals surface area contributed by atoms with Crippen molar-refractivity contribution in [2.75, 3.05) is 0 Å². The molecule has 0 saturated heterocycles. The predicted octanol–water partition coefficient (Wildman–Crippen LogP) is 3.65. The van der Waals surface area contributed by atoms with Gasteiger partial charge in [-0.2, -0.15) is 0 Å². The second kappa shape index (κ2) is 5.05. The quantitative estimate of drug-likeness (QED) is 0.811. The van der Waals surface area contributed by atoms with Gasteiger partial charge in [0, 0.05) is 0 Å². The van der Waals surface area contributed by atoms with Crippen molar-refractivity contribution < 1.29 is 19.8 Å². The number of carbonyl (C=O) groups is 2. The lowest BCUT2D eigenvalue weighted by atomic mass is 9.46. The summed E-state index contributed by atoms with van der Waals surface area (Å²) in [5, 5.41) is 19.5. The lowest BCUT2D eigenvalue weighted by Gasteiger charge is -2.56. The second-order valence-corrected chi connectivity index (χ2v) is 8.21. The van der Waals surface area contributed by atoms with E-state index in [0.29, 0.717) is 19.3 Å². The fourth-order valence-electron chi connectivity index (χ4n) is 4.28. The van der Waals surface area contributed by atoms with Gasteiger partial charge in [0.2, 0.25) is 0 Å². The molecule has 1 fully saturated rings. The Kier molecular flexibility index (Phi) is 4.29. The minimum atomic E-state index is -0.993. The lowest BCUT2D eigenvalue weighted by Crippen LogP contribution is -2.58. The summed E-state index contributed by atoms with van der Waals surface area (Å²) in [6.07, 6.45) is 1.78. The molecule has 4 nitrogen and oxygen atoms in total. The van der Waals surface area contributed by atoms with E-state index in [2.05, 4.69) is 0 Å². The van der Waals surface area contributed by atoms with E-state index in [9.17, 15) is 19.8 Å². The number of aliphatic carboxylic acids is 2. The highest BCUT2D eigenvalue weighted by molar-refractivity contribution is 5.79. The molecule has 0 amide bonds.